The average Bonchev–Trinajstić information content (AvgIpc) is 3.07. The Bertz CT molecular complexity index is 770. The van der Waals surface area contributed by atoms with E-state index < -0.39 is 5.82 Å². The summed E-state index contributed by atoms with van der Waals surface area (Å²) in [6.07, 6.45) is 4.51. The minimum Gasteiger partial charge on any atom is -0.393 e. The van der Waals surface area contributed by atoms with E-state index in [2.05, 4.69) is 15.3 Å². The number of hydrogen-bond acceptors (Lipinski definition) is 3. The first kappa shape index (κ1) is 16.1. The minimum absolute atomic E-state index is 0.200. The zero-order valence-electron chi connectivity index (χ0n) is 12.7. The molecule has 0 saturated heterocycles. The number of carbonyl (C=O) groups excluding carboxylic acids is 1. The van der Waals surface area contributed by atoms with Crippen LogP contribution in [0.3, 0.4) is 0 Å². The molecule has 2 atom stereocenters. The predicted octanol–water partition coefficient (Wildman–Crippen LogP) is 3.04. The molecule has 0 bridgehead atoms. The van der Waals surface area contributed by atoms with E-state index in [4.69, 9.17) is 12.2 Å². The molecule has 0 unspecified atom stereocenters. The number of halogens is 1. The molecular formula is C16H20FN3O2S. The second-order valence-electron chi connectivity index (χ2n) is 6.11. The lowest BCUT2D eigenvalue weighted by molar-refractivity contribution is 0.0950. The molecule has 4 N–H and O–H groups in total. The second kappa shape index (κ2) is 6.80. The van der Waals surface area contributed by atoms with Gasteiger partial charge in [-0.25, -0.2) is 4.39 Å². The molecule has 1 heterocycles. The molecule has 1 saturated carbocycles. The zero-order valence-corrected chi connectivity index (χ0v) is 13.5. The Morgan fingerprint density at radius 3 is 2.96 bits per heavy atom. The second-order valence-corrected chi connectivity index (χ2v) is 6.52. The number of aromatic amines is 2. The average molecular weight is 337 g/mol. The van der Waals surface area contributed by atoms with Crippen molar-refractivity contribution in [3.63, 3.8) is 0 Å². The number of fused-ring (bicyclic) bond motifs is 1. The van der Waals surface area contributed by atoms with Gasteiger partial charge in [0.05, 0.1) is 22.7 Å². The first-order valence-electron chi connectivity index (χ1n) is 7.92. The lowest BCUT2D eigenvalue weighted by Crippen LogP contribution is -2.25. The molecule has 7 heteroatoms. The molecule has 1 amide bonds. The Hall–Kier alpha value is -1.73. The Balaban J connectivity index is 1.61. The number of nitrogens with one attached hydrogen (secondary N) is 3. The highest BCUT2D eigenvalue weighted by atomic mass is 32.1. The molecule has 23 heavy (non-hydrogen) atoms. The molecule has 1 aromatic heterocycles. The third-order valence-electron chi connectivity index (χ3n) is 4.49. The summed E-state index contributed by atoms with van der Waals surface area (Å²) in [6, 6.07) is 2.51. The van der Waals surface area contributed by atoms with Crippen LogP contribution in [0.15, 0.2) is 12.1 Å². The van der Waals surface area contributed by atoms with E-state index in [0.717, 1.165) is 32.1 Å². The fourth-order valence-electron chi connectivity index (χ4n) is 3.30. The summed E-state index contributed by atoms with van der Waals surface area (Å²) in [6.45, 7) is 0.505. The Morgan fingerprint density at radius 1 is 1.39 bits per heavy atom. The maximum absolute atomic E-state index is 13.6. The Morgan fingerprint density at radius 2 is 2.22 bits per heavy atom. The first-order valence-corrected chi connectivity index (χ1v) is 8.33. The summed E-state index contributed by atoms with van der Waals surface area (Å²) in [7, 11) is 0. The normalized spacial score (nSPS) is 21.0. The van der Waals surface area contributed by atoms with Crippen molar-refractivity contribution in [3.05, 3.63) is 28.3 Å². The molecule has 5 nitrogen and oxygen atoms in total. The van der Waals surface area contributed by atoms with Gasteiger partial charge in [0, 0.05) is 6.54 Å². The molecule has 1 aliphatic rings. The zero-order chi connectivity index (χ0) is 16.4. The fraction of sp³-hybridized carbons (Fsp3) is 0.500. The lowest BCUT2D eigenvalue weighted by Gasteiger charge is -2.14. The van der Waals surface area contributed by atoms with E-state index >= 15 is 0 Å². The van der Waals surface area contributed by atoms with Crippen LogP contribution in [0.1, 0.15) is 42.5 Å². The summed E-state index contributed by atoms with van der Waals surface area (Å²) in [4.78, 5) is 18.0. The highest BCUT2D eigenvalue weighted by molar-refractivity contribution is 7.71. The van der Waals surface area contributed by atoms with Crippen molar-refractivity contribution < 1.29 is 14.3 Å². The number of H-pyrrole nitrogens is 2. The summed E-state index contributed by atoms with van der Waals surface area (Å²) >= 11 is 4.99. The van der Waals surface area contributed by atoms with Crippen molar-refractivity contribution >= 4 is 29.2 Å². The molecule has 124 valence electrons. The number of aliphatic hydroxyl groups is 1. The third-order valence-corrected chi connectivity index (χ3v) is 4.69. The monoisotopic (exact) mass is 337 g/mol. The van der Waals surface area contributed by atoms with Gasteiger partial charge in [0.15, 0.2) is 4.77 Å². The van der Waals surface area contributed by atoms with Gasteiger partial charge >= 0.3 is 0 Å². The van der Waals surface area contributed by atoms with E-state index in [-0.39, 0.29) is 17.6 Å². The van der Waals surface area contributed by atoms with Gasteiger partial charge in [0.2, 0.25) is 0 Å². The molecule has 0 radical (unpaired) electrons. The molecule has 1 aromatic carbocycles. The van der Waals surface area contributed by atoms with Gasteiger partial charge in [-0.1, -0.05) is 6.42 Å². The first-order chi connectivity index (χ1) is 11.0. The van der Waals surface area contributed by atoms with E-state index in [1.807, 2.05) is 0 Å². The van der Waals surface area contributed by atoms with Crippen molar-refractivity contribution in [2.45, 2.75) is 38.2 Å². The van der Waals surface area contributed by atoms with Gasteiger partial charge in [-0.2, -0.15) is 0 Å². The lowest BCUT2D eigenvalue weighted by atomic mass is 10.00. The van der Waals surface area contributed by atoms with Crippen molar-refractivity contribution in [2.24, 2.45) is 5.92 Å². The van der Waals surface area contributed by atoms with Crippen LogP contribution in [0.2, 0.25) is 0 Å². The van der Waals surface area contributed by atoms with Crippen LogP contribution in [0.25, 0.3) is 11.0 Å². The summed E-state index contributed by atoms with van der Waals surface area (Å²) in [5, 5.41) is 12.6. The quantitative estimate of drug-likeness (QED) is 0.500. The van der Waals surface area contributed by atoms with E-state index in [9.17, 15) is 14.3 Å². The van der Waals surface area contributed by atoms with Gasteiger partial charge < -0.3 is 20.4 Å². The number of carbonyl (C=O) groups is 1. The number of imidazole rings is 1. The number of benzene rings is 1. The highest BCUT2D eigenvalue weighted by Gasteiger charge is 2.24. The topological polar surface area (TPSA) is 80.9 Å². The van der Waals surface area contributed by atoms with Crippen LogP contribution in [-0.2, 0) is 0 Å². The van der Waals surface area contributed by atoms with Crippen LogP contribution in [0, 0.1) is 16.5 Å². The molecule has 2 aromatic rings. The van der Waals surface area contributed by atoms with Gasteiger partial charge in [-0.3, -0.25) is 4.79 Å². The smallest absolute Gasteiger partial charge is 0.253 e. The van der Waals surface area contributed by atoms with Crippen LogP contribution in [0.5, 0.6) is 0 Å². The molecule has 0 spiro atoms. The predicted molar refractivity (Wildman–Crippen MR) is 88.4 cm³/mol. The van der Waals surface area contributed by atoms with Gasteiger partial charge in [0.25, 0.3) is 5.91 Å². The Labute approximate surface area is 138 Å². The van der Waals surface area contributed by atoms with Crippen LogP contribution >= 0.6 is 12.2 Å². The van der Waals surface area contributed by atoms with Crippen LogP contribution in [-0.4, -0.2) is 33.6 Å². The van der Waals surface area contributed by atoms with E-state index in [0.29, 0.717) is 28.3 Å². The van der Waals surface area contributed by atoms with Gasteiger partial charge in [0.1, 0.15) is 5.82 Å². The number of amides is 1. The number of rotatable bonds is 5. The van der Waals surface area contributed by atoms with Gasteiger partial charge in [-0.05, 0) is 56.0 Å². The maximum atomic E-state index is 13.6. The number of hydrogen-bond donors (Lipinski definition) is 4. The third kappa shape index (κ3) is 3.61. The summed E-state index contributed by atoms with van der Waals surface area (Å²) in [5.41, 5.74) is 1.24. The number of aromatic nitrogens is 2. The van der Waals surface area contributed by atoms with Crippen molar-refractivity contribution in [1.29, 1.82) is 0 Å². The summed E-state index contributed by atoms with van der Waals surface area (Å²) < 4.78 is 14.0. The fourth-order valence-corrected chi connectivity index (χ4v) is 3.51. The molecule has 3 rings (SSSR count). The van der Waals surface area contributed by atoms with Crippen LogP contribution < -0.4 is 5.32 Å². The molecular weight excluding hydrogens is 317 g/mol. The van der Waals surface area contributed by atoms with Crippen LogP contribution in [0.4, 0.5) is 4.39 Å². The number of aliphatic hydroxyl groups excluding tert-OH is 1. The van der Waals surface area contributed by atoms with Crippen molar-refractivity contribution in [1.82, 2.24) is 15.3 Å². The van der Waals surface area contributed by atoms with Crippen molar-refractivity contribution in [3.8, 4) is 0 Å². The van der Waals surface area contributed by atoms with E-state index in [1.165, 1.54) is 12.1 Å². The highest BCUT2D eigenvalue weighted by Crippen LogP contribution is 2.29. The van der Waals surface area contributed by atoms with Gasteiger partial charge in [-0.15, -0.1) is 0 Å². The molecule has 1 fully saturated rings. The van der Waals surface area contributed by atoms with Crippen molar-refractivity contribution in [2.75, 3.05) is 6.54 Å². The van der Waals surface area contributed by atoms with E-state index in [1.54, 1.807) is 0 Å². The minimum atomic E-state index is -0.484. The SMILES string of the molecule is O=C(NCCC[C@@H]1CCC[C@@H]1O)c1cc(F)cc2[nH]c(=S)[nH]c12. The maximum Gasteiger partial charge on any atom is 0.253 e. The standard InChI is InChI=1S/C16H20FN3O2S/c17-10-7-11(14-12(8-10)19-16(23)20-14)15(22)18-6-2-4-9-3-1-5-13(9)21/h7-9,13,21H,1-6H2,(H,18,22)(H2,19,20,23)/t9-,13-/m0/s1. The summed E-state index contributed by atoms with van der Waals surface area (Å²) in [5.74, 6) is -0.470. The Kier molecular flexibility index (Phi) is 4.77. The largest absolute Gasteiger partial charge is 0.393 e. The molecule has 1 aliphatic carbocycles. The molecule has 0 aliphatic heterocycles.